The standard InChI is InChI=1S/C28H32N4O3/c1-35-24-12-9-22(10-13-24)20-30-27(33)23-11-14-26(32-17-5-6-18-32)25(19-23)31-28(34)29-16-15-21-7-3-2-4-8-21/h2-4,7-14,19H,5-6,15-18,20H2,1H3,(H,30,33)(H2,29,31,34). The van der Waals surface area contributed by atoms with Gasteiger partial charge in [0.2, 0.25) is 0 Å². The fourth-order valence-corrected chi connectivity index (χ4v) is 4.17. The molecule has 0 spiro atoms. The molecule has 182 valence electrons. The van der Waals surface area contributed by atoms with Crippen LogP contribution < -0.4 is 25.6 Å². The molecule has 7 heteroatoms. The molecule has 1 fully saturated rings. The SMILES string of the molecule is COc1ccc(CNC(=O)c2ccc(N3CCCC3)c(NC(=O)NCCc3ccccc3)c2)cc1. The van der Waals surface area contributed by atoms with Crippen LogP contribution in [0.4, 0.5) is 16.2 Å². The number of nitrogens with one attached hydrogen (secondary N) is 3. The first-order valence-corrected chi connectivity index (χ1v) is 12.0. The molecule has 0 bridgehead atoms. The first kappa shape index (κ1) is 24.1. The lowest BCUT2D eigenvalue weighted by atomic mass is 10.1. The molecule has 0 atom stereocenters. The van der Waals surface area contributed by atoms with Gasteiger partial charge in [-0.2, -0.15) is 0 Å². The van der Waals surface area contributed by atoms with Gasteiger partial charge in [0.15, 0.2) is 0 Å². The van der Waals surface area contributed by atoms with E-state index in [1.807, 2.05) is 66.7 Å². The van der Waals surface area contributed by atoms with E-state index in [4.69, 9.17) is 4.74 Å². The van der Waals surface area contributed by atoms with Gasteiger partial charge in [-0.25, -0.2) is 4.79 Å². The molecule has 4 rings (SSSR count). The highest BCUT2D eigenvalue weighted by Gasteiger charge is 2.19. The summed E-state index contributed by atoms with van der Waals surface area (Å²) in [6.07, 6.45) is 2.99. The van der Waals surface area contributed by atoms with Crippen LogP contribution in [-0.2, 0) is 13.0 Å². The summed E-state index contributed by atoms with van der Waals surface area (Å²) in [7, 11) is 1.62. The van der Waals surface area contributed by atoms with Crippen LogP contribution in [-0.4, -0.2) is 38.7 Å². The number of carbonyl (C=O) groups excluding carboxylic acids is 2. The van der Waals surface area contributed by atoms with Gasteiger partial charge in [0.05, 0.1) is 18.5 Å². The molecule has 35 heavy (non-hydrogen) atoms. The average molecular weight is 473 g/mol. The Morgan fingerprint density at radius 1 is 0.886 bits per heavy atom. The number of rotatable bonds is 9. The Hall–Kier alpha value is -4.00. The third-order valence-corrected chi connectivity index (χ3v) is 6.11. The Morgan fingerprint density at radius 3 is 2.34 bits per heavy atom. The fraction of sp³-hybridized carbons (Fsp3) is 0.286. The third kappa shape index (κ3) is 6.76. The molecular weight excluding hydrogens is 440 g/mol. The van der Waals surface area contributed by atoms with Crippen molar-refractivity contribution >= 4 is 23.3 Å². The molecule has 3 aromatic rings. The molecule has 1 aliphatic rings. The second-order valence-corrected chi connectivity index (χ2v) is 8.57. The van der Waals surface area contributed by atoms with Crippen LogP contribution in [0.15, 0.2) is 72.8 Å². The van der Waals surface area contributed by atoms with Crippen molar-refractivity contribution in [2.75, 3.05) is 37.0 Å². The van der Waals surface area contributed by atoms with Crippen molar-refractivity contribution < 1.29 is 14.3 Å². The summed E-state index contributed by atoms with van der Waals surface area (Å²) in [6.45, 7) is 2.80. The summed E-state index contributed by atoms with van der Waals surface area (Å²) in [4.78, 5) is 27.8. The van der Waals surface area contributed by atoms with E-state index in [1.165, 1.54) is 5.56 Å². The first-order valence-electron chi connectivity index (χ1n) is 12.0. The Balaban J connectivity index is 1.40. The second kappa shape index (κ2) is 11.9. The molecule has 0 saturated carbocycles. The summed E-state index contributed by atoms with van der Waals surface area (Å²) in [5, 5.41) is 8.85. The summed E-state index contributed by atoms with van der Waals surface area (Å²) in [5.41, 5.74) is 4.22. The summed E-state index contributed by atoms with van der Waals surface area (Å²) < 4.78 is 5.18. The number of hydrogen-bond acceptors (Lipinski definition) is 4. The quantitative estimate of drug-likeness (QED) is 0.425. The minimum atomic E-state index is -0.280. The molecule has 0 radical (unpaired) electrons. The van der Waals surface area contributed by atoms with Crippen molar-refractivity contribution in [2.24, 2.45) is 0 Å². The van der Waals surface area contributed by atoms with Crippen molar-refractivity contribution in [3.63, 3.8) is 0 Å². The number of hydrogen-bond donors (Lipinski definition) is 3. The summed E-state index contributed by atoms with van der Waals surface area (Å²) >= 11 is 0. The number of methoxy groups -OCH3 is 1. The van der Waals surface area contributed by atoms with Crippen LogP contribution in [0, 0.1) is 0 Å². The highest BCUT2D eigenvalue weighted by atomic mass is 16.5. The van der Waals surface area contributed by atoms with E-state index in [-0.39, 0.29) is 11.9 Å². The van der Waals surface area contributed by atoms with Crippen LogP contribution in [0.2, 0.25) is 0 Å². The Bertz CT molecular complexity index is 1130. The van der Waals surface area contributed by atoms with Gasteiger partial charge in [-0.3, -0.25) is 4.79 Å². The van der Waals surface area contributed by atoms with Crippen molar-refractivity contribution in [3.05, 3.63) is 89.5 Å². The lowest BCUT2D eigenvalue weighted by Gasteiger charge is -2.22. The normalized spacial score (nSPS) is 12.8. The van der Waals surface area contributed by atoms with Crippen molar-refractivity contribution in [1.29, 1.82) is 0 Å². The maximum absolute atomic E-state index is 12.9. The van der Waals surface area contributed by atoms with Gasteiger partial charge in [-0.1, -0.05) is 42.5 Å². The van der Waals surface area contributed by atoms with Gasteiger partial charge < -0.3 is 25.6 Å². The molecule has 3 amide bonds. The van der Waals surface area contributed by atoms with Crippen LogP contribution >= 0.6 is 0 Å². The molecule has 7 nitrogen and oxygen atoms in total. The third-order valence-electron chi connectivity index (χ3n) is 6.11. The zero-order valence-corrected chi connectivity index (χ0v) is 20.0. The molecule has 3 aromatic carbocycles. The molecule has 1 aliphatic heterocycles. The van der Waals surface area contributed by atoms with Crippen molar-refractivity contribution in [2.45, 2.75) is 25.8 Å². The zero-order valence-electron chi connectivity index (χ0n) is 20.0. The predicted molar refractivity (Wildman–Crippen MR) is 139 cm³/mol. The van der Waals surface area contributed by atoms with E-state index in [2.05, 4.69) is 20.9 Å². The van der Waals surface area contributed by atoms with Gasteiger partial charge >= 0.3 is 6.03 Å². The van der Waals surface area contributed by atoms with E-state index in [9.17, 15) is 9.59 Å². The summed E-state index contributed by atoms with van der Waals surface area (Å²) in [6, 6.07) is 22.8. The highest BCUT2D eigenvalue weighted by molar-refractivity contribution is 5.99. The highest BCUT2D eigenvalue weighted by Crippen LogP contribution is 2.30. The van der Waals surface area contributed by atoms with E-state index in [0.717, 1.165) is 49.4 Å². The number of carbonyl (C=O) groups is 2. The van der Waals surface area contributed by atoms with Gasteiger partial charge in [0.25, 0.3) is 5.91 Å². The molecule has 0 aliphatic carbocycles. The van der Waals surface area contributed by atoms with Crippen LogP contribution in [0.3, 0.4) is 0 Å². The van der Waals surface area contributed by atoms with E-state index in [0.29, 0.717) is 24.3 Å². The molecule has 1 heterocycles. The van der Waals surface area contributed by atoms with E-state index < -0.39 is 0 Å². The molecule has 1 saturated heterocycles. The second-order valence-electron chi connectivity index (χ2n) is 8.57. The van der Waals surface area contributed by atoms with Gasteiger partial charge in [0.1, 0.15) is 5.75 Å². The number of benzene rings is 3. The number of ether oxygens (including phenoxy) is 1. The lowest BCUT2D eigenvalue weighted by Crippen LogP contribution is -2.31. The van der Waals surface area contributed by atoms with Crippen molar-refractivity contribution in [1.82, 2.24) is 10.6 Å². The maximum atomic E-state index is 12.9. The largest absolute Gasteiger partial charge is 0.497 e. The van der Waals surface area contributed by atoms with Gasteiger partial charge in [0, 0.05) is 31.7 Å². The molecular formula is C28H32N4O3. The Kier molecular flexibility index (Phi) is 8.22. The monoisotopic (exact) mass is 472 g/mol. The number of amides is 3. The predicted octanol–water partition coefficient (Wildman–Crippen LogP) is 4.59. The molecule has 0 aromatic heterocycles. The lowest BCUT2D eigenvalue weighted by molar-refractivity contribution is 0.0951. The van der Waals surface area contributed by atoms with Crippen LogP contribution in [0.25, 0.3) is 0 Å². The fourth-order valence-electron chi connectivity index (χ4n) is 4.17. The van der Waals surface area contributed by atoms with Gasteiger partial charge in [-0.15, -0.1) is 0 Å². The zero-order chi connectivity index (χ0) is 24.5. The minimum absolute atomic E-state index is 0.193. The van der Waals surface area contributed by atoms with Gasteiger partial charge in [-0.05, 0) is 60.7 Å². The van der Waals surface area contributed by atoms with E-state index >= 15 is 0 Å². The van der Waals surface area contributed by atoms with Crippen LogP contribution in [0.1, 0.15) is 34.3 Å². The molecule has 3 N–H and O–H groups in total. The number of anilines is 2. The first-order chi connectivity index (χ1) is 17.1. The molecule has 0 unspecified atom stereocenters. The van der Waals surface area contributed by atoms with E-state index in [1.54, 1.807) is 13.2 Å². The smallest absolute Gasteiger partial charge is 0.319 e. The Labute approximate surface area is 206 Å². The van der Waals surface area contributed by atoms with Crippen molar-refractivity contribution in [3.8, 4) is 5.75 Å². The topological polar surface area (TPSA) is 82.7 Å². The number of nitrogens with zero attached hydrogens (tertiary/aromatic N) is 1. The Morgan fingerprint density at radius 2 is 1.63 bits per heavy atom. The average Bonchev–Trinajstić information content (AvgIpc) is 3.43. The minimum Gasteiger partial charge on any atom is -0.497 e. The maximum Gasteiger partial charge on any atom is 0.319 e. The summed E-state index contributed by atoms with van der Waals surface area (Å²) in [5.74, 6) is 0.580. The van der Waals surface area contributed by atoms with Crippen LogP contribution in [0.5, 0.6) is 5.75 Å². The number of urea groups is 1.